The van der Waals surface area contributed by atoms with Gasteiger partial charge in [0.05, 0.1) is 13.2 Å². The summed E-state index contributed by atoms with van der Waals surface area (Å²) in [6, 6.07) is 7.56. The van der Waals surface area contributed by atoms with Gasteiger partial charge < -0.3 is 14.5 Å². The summed E-state index contributed by atoms with van der Waals surface area (Å²) in [6.07, 6.45) is 0.674. The molecule has 2 aliphatic rings. The molecule has 0 saturated carbocycles. The van der Waals surface area contributed by atoms with Crippen LogP contribution in [0.5, 0.6) is 0 Å². The Morgan fingerprint density at radius 2 is 1.95 bits per heavy atom. The highest BCUT2D eigenvalue weighted by Crippen LogP contribution is 2.29. The lowest BCUT2D eigenvalue weighted by atomic mass is 10.0. The zero-order valence-corrected chi connectivity index (χ0v) is 12.5. The minimum atomic E-state index is -0.0584. The molecular weight excluding hydrogens is 324 g/mol. The second-order valence-electron chi connectivity index (χ2n) is 4.79. The van der Waals surface area contributed by atoms with Crippen molar-refractivity contribution in [3.63, 3.8) is 0 Å². The van der Waals surface area contributed by atoms with Crippen molar-refractivity contribution in [2.75, 3.05) is 26.3 Å². The molecule has 20 heavy (non-hydrogen) atoms. The van der Waals surface area contributed by atoms with E-state index in [9.17, 15) is 4.79 Å². The molecule has 0 bridgehead atoms. The average molecular weight is 339 g/mol. The zero-order chi connectivity index (χ0) is 13.9. The maximum absolute atomic E-state index is 12.3. The molecule has 0 unspecified atom stereocenters. The van der Waals surface area contributed by atoms with Crippen molar-refractivity contribution in [3.8, 4) is 0 Å². The zero-order valence-electron chi connectivity index (χ0n) is 10.9. The van der Waals surface area contributed by atoms with Crippen LogP contribution in [0.15, 0.2) is 29.4 Å². The molecule has 0 radical (unpaired) electrons. The van der Waals surface area contributed by atoms with Gasteiger partial charge in [-0.15, -0.1) is 0 Å². The van der Waals surface area contributed by atoms with E-state index in [1.165, 1.54) is 0 Å². The monoisotopic (exact) mass is 338 g/mol. The van der Waals surface area contributed by atoms with E-state index in [2.05, 4.69) is 21.1 Å². The number of ether oxygens (including phenoxy) is 1. The number of hydrogen-bond donors (Lipinski definition) is 0. The van der Waals surface area contributed by atoms with Crippen molar-refractivity contribution in [2.45, 2.75) is 12.5 Å². The topological polar surface area (TPSA) is 51.1 Å². The number of hydrogen-bond acceptors (Lipinski definition) is 4. The standard InChI is InChI=1S/C14H15BrN2O3/c15-13-9-12(20-16-13)10-1-3-11(4-2-10)14(18)17-5-7-19-8-6-17/h1-4,12H,5-9H2/t12-/m1/s1. The molecular formula is C14H15BrN2O3. The van der Waals surface area contributed by atoms with Gasteiger partial charge in [0.2, 0.25) is 0 Å². The molecule has 106 valence electrons. The number of oxime groups is 1. The molecule has 1 saturated heterocycles. The Bertz CT molecular complexity index is 524. The molecule has 0 aromatic heterocycles. The summed E-state index contributed by atoms with van der Waals surface area (Å²) in [5.74, 6) is 0.0598. The Hall–Kier alpha value is -1.40. The van der Waals surface area contributed by atoms with E-state index in [1.54, 1.807) is 0 Å². The molecule has 2 heterocycles. The molecule has 0 spiro atoms. The van der Waals surface area contributed by atoms with Crippen LogP contribution in [0.2, 0.25) is 0 Å². The largest absolute Gasteiger partial charge is 0.386 e. The summed E-state index contributed by atoms with van der Waals surface area (Å²) < 4.78 is 6.07. The normalized spacial score (nSPS) is 22.4. The van der Waals surface area contributed by atoms with Crippen LogP contribution in [0.25, 0.3) is 0 Å². The summed E-state index contributed by atoms with van der Waals surface area (Å²) in [6.45, 7) is 2.55. The molecule has 1 fully saturated rings. The molecule has 0 N–H and O–H groups in total. The maximum Gasteiger partial charge on any atom is 0.254 e. The van der Waals surface area contributed by atoms with E-state index >= 15 is 0 Å². The van der Waals surface area contributed by atoms with Gasteiger partial charge >= 0.3 is 0 Å². The molecule has 3 rings (SSSR count). The van der Waals surface area contributed by atoms with Gasteiger partial charge in [0.15, 0.2) is 6.10 Å². The van der Waals surface area contributed by atoms with Crippen LogP contribution in [0.1, 0.15) is 28.4 Å². The average Bonchev–Trinajstić information content (AvgIpc) is 2.94. The van der Waals surface area contributed by atoms with Crippen LogP contribution in [0.4, 0.5) is 0 Å². The number of amides is 1. The van der Waals surface area contributed by atoms with Crippen molar-refractivity contribution >= 4 is 26.5 Å². The van der Waals surface area contributed by atoms with Crippen molar-refractivity contribution < 1.29 is 14.4 Å². The van der Waals surface area contributed by atoms with E-state index in [0.717, 1.165) is 16.6 Å². The number of nitrogens with zero attached hydrogens (tertiary/aromatic N) is 2. The number of halogens is 1. The second-order valence-corrected chi connectivity index (χ2v) is 5.71. The van der Waals surface area contributed by atoms with Crippen LogP contribution in [0, 0.1) is 0 Å². The molecule has 1 atom stereocenters. The fraction of sp³-hybridized carbons (Fsp3) is 0.429. The first kappa shape index (κ1) is 13.6. The van der Waals surface area contributed by atoms with Gasteiger partial charge in [-0.1, -0.05) is 17.3 Å². The second kappa shape index (κ2) is 5.93. The highest BCUT2D eigenvalue weighted by molar-refractivity contribution is 9.18. The van der Waals surface area contributed by atoms with E-state index in [1.807, 2.05) is 29.2 Å². The summed E-state index contributed by atoms with van der Waals surface area (Å²) in [5, 5.41) is 3.87. The van der Waals surface area contributed by atoms with E-state index in [4.69, 9.17) is 9.57 Å². The third-order valence-electron chi connectivity index (χ3n) is 3.46. The third-order valence-corrected chi connectivity index (χ3v) is 3.93. The minimum absolute atomic E-state index is 0.0584. The molecule has 0 aliphatic carbocycles. The predicted molar refractivity (Wildman–Crippen MR) is 78.0 cm³/mol. The molecule has 5 nitrogen and oxygen atoms in total. The van der Waals surface area contributed by atoms with Crippen molar-refractivity contribution in [1.29, 1.82) is 0 Å². The summed E-state index contributed by atoms with van der Waals surface area (Å²) in [4.78, 5) is 19.4. The lowest BCUT2D eigenvalue weighted by Crippen LogP contribution is -2.40. The maximum atomic E-state index is 12.3. The number of carbonyl (C=O) groups is 1. The van der Waals surface area contributed by atoms with Gasteiger partial charge in [-0.2, -0.15) is 0 Å². The smallest absolute Gasteiger partial charge is 0.254 e. The van der Waals surface area contributed by atoms with Gasteiger partial charge in [0, 0.05) is 25.1 Å². The van der Waals surface area contributed by atoms with Crippen molar-refractivity contribution in [2.24, 2.45) is 5.16 Å². The lowest BCUT2D eigenvalue weighted by molar-refractivity contribution is 0.0302. The van der Waals surface area contributed by atoms with Gasteiger partial charge in [-0.05, 0) is 33.6 Å². The highest BCUT2D eigenvalue weighted by atomic mass is 79.9. The first-order chi connectivity index (χ1) is 9.74. The highest BCUT2D eigenvalue weighted by Gasteiger charge is 2.22. The molecule has 1 aromatic rings. The van der Waals surface area contributed by atoms with Crippen molar-refractivity contribution in [1.82, 2.24) is 4.90 Å². The lowest BCUT2D eigenvalue weighted by Gasteiger charge is -2.26. The van der Waals surface area contributed by atoms with Crippen LogP contribution in [-0.2, 0) is 9.57 Å². The number of carbonyl (C=O) groups excluding carboxylic acids is 1. The first-order valence-electron chi connectivity index (χ1n) is 6.59. The molecule has 6 heteroatoms. The fourth-order valence-electron chi connectivity index (χ4n) is 2.32. The first-order valence-corrected chi connectivity index (χ1v) is 7.38. The Morgan fingerprint density at radius 1 is 1.25 bits per heavy atom. The molecule has 2 aliphatic heterocycles. The summed E-state index contributed by atoms with van der Waals surface area (Å²) in [7, 11) is 0. The van der Waals surface area contributed by atoms with Crippen LogP contribution >= 0.6 is 15.9 Å². The number of morpholine rings is 1. The SMILES string of the molecule is O=C(c1ccc([C@H]2CC(Br)=NO2)cc1)N1CCOCC1. The van der Waals surface area contributed by atoms with Gasteiger partial charge in [0.25, 0.3) is 5.91 Å². The fourth-order valence-corrected chi connectivity index (χ4v) is 2.69. The Balaban J connectivity index is 1.68. The van der Waals surface area contributed by atoms with Gasteiger partial charge in [0.1, 0.15) is 4.62 Å². The Kier molecular flexibility index (Phi) is 4.03. The van der Waals surface area contributed by atoms with E-state index in [0.29, 0.717) is 31.9 Å². The summed E-state index contributed by atoms with van der Waals surface area (Å²) >= 11 is 3.32. The third kappa shape index (κ3) is 2.86. The molecule has 1 amide bonds. The minimum Gasteiger partial charge on any atom is -0.386 e. The van der Waals surface area contributed by atoms with Gasteiger partial charge in [-0.25, -0.2) is 0 Å². The number of rotatable bonds is 2. The van der Waals surface area contributed by atoms with Crippen molar-refractivity contribution in [3.05, 3.63) is 35.4 Å². The van der Waals surface area contributed by atoms with E-state index in [-0.39, 0.29) is 12.0 Å². The van der Waals surface area contributed by atoms with Crippen LogP contribution < -0.4 is 0 Å². The summed E-state index contributed by atoms with van der Waals surface area (Å²) in [5.41, 5.74) is 1.73. The number of benzene rings is 1. The molecule has 1 aromatic carbocycles. The Labute approximate surface area is 125 Å². The quantitative estimate of drug-likeness (QED) is 0.831. The van der Waals surface area contributed by atoms with Gasteiger partial charge in [-0.3, -0.25) is 4.79 Å². The Morgan fingerprint density at radius 3 is 2.55 bits per heavy atom. The van der Waals surface area contributed by atoms with Crippen LogP contribution in [0.3, 0.4) is 0 Å². The van der Waals surface area contributed by atoms with E-state index < -0.39 is 0 Å². The van der Waals surface area contributed by atoms with Crippen LogP contribution in [-0.4, -0.2) is 41.7 Å². The predicted octanol–water partition coefficient (Wildman–Crippen LogP) is 2.33.